The first-order valence-corrected chi connectivity index (χ1v) is 7.83. The molecule has 1 heterocycles. The number of rotatable bonds is 2. The zero-order valence-electron chi connectivity index (χ0n) is 13.2. The average Bonchev–Trinajstić information content (AvgIpc) is 2.73. The highest BCUT2D eigenvalue weighted by atomic mass is 35.5. The van der Waals surface area contributed by atoms with E-state index in [0.29, 0.717) is 23.6 Å². The molecular formula is C17H20ClNO3. The van der Waals surface area contributed by atoms with Crippen LogP contribution in [0.15, 0.2) is 18.2 Å². The lowest BCUT2D eigenvalue weighted by Gasteiger charge is -2.35. The molecule has 1 saturated heterocycles. The number of aryl methyl sites for hydroxylation is 1. The SMILES string of the molecule is Cc1ccc(NC(=O)C23CCC(C)(C(=O)O2)C3(C)C)cc1Cl. The van der Waals surface area contributed by atoms with Crippen molar-refractivity contribution < 1.29 is 14.3 Å². The molecule has 1 N–H and O–H groups in total. The van der Waals surface area contributed by atoms with Crippen LogP contribution in [-0.2, 0) is 14.3 Å². The van der Waals surface area contributed by atoms with Gasteiger partial charge >= 0.3 is 5.97 Å². The Labute approximate surface area is 135 Å². The highest BCUT2D eigenvalue weighted by Gasteiger charge is 2.75. The molecule has 2 unspecified atom stereocenters. The van der Waals surface area contributed by atoms with Crippen molar-refractivity contribution in [3.63, 3.8) is 0 Å². The summed E-state index contributed by atoms with van der Waals surface area (Å²) in [6.07, 6.45) is 1.22. The number of esters is 1. The van der Waals surface area contributed by atoms with Crippen LogP contribution in [0.2, 0.25) is 5.02 Å². The predicted molar refractivity (Wildman–Crippen MR) is 84.8 cm³/mol. The quantitative estimate of drug-likeness (QED) is 0.845. The molecule has 2 fully saturated rings. The summed E-state index contributed by atoms with van der Waals surface area (Å²) in [5.41, 5.74) is -0.692. The molecule has 0 aromatic heterocycles. The van der Waals surface area contributed by atoms with E-state index in [1.807, 2.05) is 33.8 Å². The van der Waals surface area contributed by atoms with E-state index in [9.17, 15) is 9.59 Å². The van der Waals surface area contributed by atoms with Crippen LogP contribution in [0.25, 0.3) is 0 Å². The fourth-order valence-electron chi connectivity index (χ4n) is 3.65. The van der Waals surface area contributed by atoms with Gasteiger partial charge in [0.1, 0.15) is 0 Å². The lowest BCUT2D eigenvalue weighted by molar-refractivity contribution is -0.165. The van der Waals surface area contributed by atoms with Gasteiger partial charge < -0.3 is 10.1 Å². The Bertz CT molecular complexity index is 684. The third-order valence-corrected chi connectivity index (χ3v) is 6.29. The van der Waals surface area contributed by atoms with Crippen LogP contribution < -0.4 is 5.32 Å². The van der Waals surface area contributed by atoms with E-state index in [1.54, 1.807) is 12.1 Å². The second-order valence-electron chi connectivity index (χ2n) is 7.09. The summed E-state index contributed by atoms with van der Waals surface area (Å²) in [5, 5.41) is 3.46. The third kappa shape index (κ3) is 1.70. The van der Waals surface area contributed by atoms with Gasteiger partial charge in [0.05, 0.1) is 5.41 Å². The zero-order valence-corrected chi connectivity index (χ0v) is 14.0. The van der Waals surface area contributed by atoms with Crippen LogP contribution in [0.5, 0.6) is 0 Å². The molecule has 1 aliphatic heterocycles. The summed E-state index contributed by atoms with van der Waals surface area (Å²) < 4.78 is 5.57. The van der Waals surface area contributed by atoms with E-state index in [4.69, 9.17) is 16.3 Å². The molecule has 1 aliphatic carbocycles. The third-order valence-electron chi connectivity index (χ3n) is 5.88. The minimum Gasteiger partial charge on any atom is -0.448 e. The Kier molecular flexibility index (Phi) is 3.12. The first-order chi connectivity index (χ1) is 10.1. The van der Waals surface area contributed by atoms with Gasteiger partial charge in [-0.1, -0.05) is 31.5 Å². The summed E-state index contributed by atoms with van der Waals surface area (Å²) in [6.45, 7) is 7.66. The van der Waals surface area contributed by atoms with Gasteiger partial charge in [-0.3, -0.25) is 9.59 Å². The number of halogens is 1. The summed E-state index contributed by atoms with van der Waals surface area (Å²) in [4.78, 5) is 25.1. The molecule has 1 aromatic carbocycles. The average molecular weight is 322 g/mol. The number of carbonyl (C=O) groups excluding carboxylic acids is 2. The maximum Gasteiger partial charge on any atom is 0.313 e. The van der Waals surface area contributed by atoms with E-state index in [1.165, 1.54) is 0 Å². The van der Waals surface area contributed by atoms with Gasteiger partial charge in [0.25, 0.3) is 5.91 Å². The van der Waals surface area contributed by atoms with Gasteiger partial charge in [0.2, 0.25) is 0 Å². The molecule has 1 aromatic rings. The van der Waals surface area contributed by atoms with Gasteiger partial charge in [-0.2, -0.15) is 0 Å². The van der Waals surface area contributed by atoms with Crippen molar-refractivity contribution in [2.45, 2.75) is 46.1 Å². The van der Waals surface area contributed by atoms with Gasteiger partial charge in [-0.15, -0.1) is 0 Å². The van der Waals surface area contributed by atoms with Crippen molar-refractivity contribution in [1.82, 2.24) is 0 Å². The summed E-state index contributed by atoms with van der Waals surface area (Å²) in [6, 6.07) is 5.36. The van der Waals surface area contributed by atoms with E-state index in [0.717, 1.165) is 5.56 Å². The highest BCUT2D eigenvalue weighted by Crippen LogP contribution is 2.65. The van der Waals surface area contributed by atoms with Gasteiger partial charge in [0, 0.05) is 16.1 Å². The molecule has 3 rings (SSSR count). The molecule has 0 spiro atoms. The van der Waals surface area contributed by atoms with Crippen molar-refractivity contribution >= 4 is 29.2 Å². The number of hydrogen-bond acceptors (Lipinski definition) is 3. The van der Waals surface area contributed by atoms with E-state index >= 15 is 0 Å². The van der Waals surface area contributed by atoms with Gasteiger partial charge in [-0.25, -0.2) is 0 Å². The first kappa shape index (κ1) is 15.3. The summed E-state index contributed by atoms with van der Waals surface area (Å²) in [7, 11) is 0. The Morgan fingerprint density at radius 2 is 1.95 bits per heavy atom. The van der Waals surface area contributed by atoms with Crippen LogP contribution in [0.3, 0.4) is 0 Å². The maximum atomic E-state index is 12.9. The second kappa shape index (κ2) is 4.48. The molecular weight excluding hydrogens is 302 g/mol. The molecule has 2 aliphatic rings. The Hall–Kier alpha value is -1.55. The smallest absolute Gasteiger partial charge is 0.313 e. The topological polar surface area (TPSA) is 55.4 Å². The molecule has 2 atom stereocenters. The van der Waals surface area contributed by atoms with Crippen LogP contribution in [0, 0.1) is 17.8 Å². The number of amides is 1. The summed E-state index contributed by atoms with van der Waals surface area (Å²) >= 11 is 6.10. The minimum absolute atomic E-state index is 0.271. The number of nitrogens with one attached hydrogen (secondary N) is 1. The maximum absolute atomic E-state index is 12.9. The molecule has 1 amide bonds. The number of hydrogen-bond donors (Lipinski definition) is 1. The number of ether oxygens (including phenoxy) is 1. The fraction of sp³-hybridized carbons (Fsp3) is 0.529. The van der Waals surface area contributed by atoms with E-state index in [-0.39, 0.29) is 11.9 Å². The first-order valence-electron chi connectivity index (χ1n) is 7.45. The van der Waals surface area contributed by atoms with Crippen molar-refractivity contribution in [3.05, 3.63) is 28.8 Å². The monoisotopic (exact) mass is 321 g/mol. The van der Waals surface area contributed by atoms with E-state index < -0.39 is 16.4 Å². The molecule has 4 nitrogen and oxygen atoms in total. The number of fused-ring (bicyclic) bond motifs is 2. The molecule has 0 radical (unpaired) electrons. The van der Waals surface area contributed by atoms with Crippen molar-refractivity contribution in [2.24, 2.45) is 10.8 Å². The highest BCUT2D eigenvalue weighted by molar-refractivity contribution is 6.31. The largest absolute Gasteiger partial charge is 0.448 e. The fourth-order valence-corrected chi connectivity index (χ4v) is 3.83. The van der Waals surface area contributed by atoms with Crippen LogP contribution in [-0.4, -0.2) is 17.5 Å². The Morgan fingerprint density at radius 3 is 2.45 bits per heavy atom. The lowest BCUT2D eigenvalue weighted by atomic mass is 9.66. The second-order valence-corrected chi connectivity index (χ2v) is 7.50. The van der Waals surface area contributed by atoms with Gasteiger partial charge in [-0.05, 0) is 44.4 Å². The van der Waals surface area contributed by atoms with Gasteiger partial charge in [0.15, 0.2) is 5.60 Å². The normalized spacial score (nSPS) is 32.0. The number of benzene rings is 1. The molecule has 1 saturated carbocycles. The molecule has 5 heteroatoms. The van der Waals surface area contributed by atoms with Crippen molar-refractivity contribution in [3.8, 4) is 0 Å². The van der Waals surface area contributed by atoms with Crippen molar-refractivity contribution in [2.75, 3.05) is 5.32 Å². The van der Waals surface area contributed by atoms with Crippen LogP contribution in [0.1, 0.15) is 39.2 Å². The Morgan fingerprint density at radius 1 is 1.27 bits per heavy atom. The van der Waals surface area contributed by atoms with Crippen LogP contribution in [0.4, 0.5) is 5.69 Å². The molecule has 118 valence electrons. The number of anilines is 1. The number of carbonyl (C=O) groups is 2. The lowest BCUT2D eigenvalue weighted by Crippen LogP contribution is -2.50. The molecule has 22 heavy (non-hydrogen) atoms. The summed E-state index contributed by atoms with van der Waals surface area (Å²) in [5.74, 6) is -0.548. The van der Waals surface area contributed by atoms with Crippen LogP contribution >= 0.6 is 11.6 Å². The minimum atomic E-state index is -1.10. The molecule has 2 bridgehead atoms. The van der Waals surface area contributed by atoms with E-state index in [2.05, 4.69) is 5.32 Å². The Balaban J connectivity index is 1.92. The zero-order chi connectivity index (χ0) is 16.3. The standard InChI is InChI=1S/C17H20ClNO3/c1-10-5-6-11(9-12(10)18)19-13(20)17-8-7-16(4,14(21)22-17)15(17,2)3/h5-6,9H,7-8H2,1-4H3,(H,19,20). The predicted octanol–water partition coefficient (Wildman–Crippen LogP) is 3.71. The van der Waals surface area contributed by atoms with Crippen molar-refractivity contribution in [1.29, 1.82) is 0 Å².